The molecule has 3 fully saturated rings. The maximum absolute atomic E-state index is 13.0. The second kappa shape index (κ2) is 10.7. The molecule has 1 unspecified atom stereocenters. The number of aromatic nitrogens is 2. The molecule has 0 spiro atoms. The van der Waals surface area contributed by atoms with Crippen molar-refractivity contribution in [2.24, 2.45) is 18.7 Å². The molecule has 4 heterocycles. The Kier molecular flexibility index (Phi) is 7.45. The third kappa shape index (κ3) is 5.07. The number of nitrogens with two attached hydrogens (primary N) is 1. The number of piperidine rings is 3. The fourth-order valence-corrected chi connectivity index (χ4v) is 6.01. The number of carbonyl (C=O) groups is 2. The summed E-state index contributed by atoms with van der Waals surface area (Å²) in [5, 5.41) is 2.37. The highest BCUT2D eigenvalue weighted by Crippen LogP contribution is 2.29. The molecule has 3 aliphatic rings. The van der Waals surface area contributed by atoms with Gasteiger partial charge in [0.15, 0.2) is 0 Å². The number of amides is 2. The van der Waals surface area contributed by atoms with Gasteiger partial charge in [-0.05, 0) is 56.2 Å². The average molecular weight is 499 g/mol. The molecule has 10 nitrogen and oxygen atoms in total. The van der Waals surface area contributed by atoms with Gasteiger partial charge >= 0.3 is 5.69 Å². The Morgan fingerprint density at radius 3 is 2.44 bits per heavy atom. The van der Waals surface area contributed by atoms with Crippen molar-refractivity contribution < 1.29 is 14.3 Å². The van der Waals surface area contributed by atoms with E-state index in [0.29, 0.717) is 31.6 Å². The van der Waals surface area contributed by atoms with Crippen LogP contribution in [0.15, 0.2) is 23.0 Å². The van der Waals surface area contributed by atoms with Crippen molar-refractivity contribution in [1.82, 2.24) is 19.4 Å². The number of aryl methyl sites for hydroxylation is 1. The molecule has 1 aromatic carbocycles. The van der Waals surface area contributed by atoms with Gasteiger partial charge in [0.1, 0.15) is 6.04 Å². The minimum Gasteiger partial charge on any atom is -0.377 e. The van der Waals surface area contributed by atoms with E-state index in [2.05, 4.69) is 27.2 Å². The van der Waals surface area contributed by atoms with Crippen molar-refractivity contribution in [3.05, 3.63) is 28.7 Å². The van der Waals surface area contributed by atoms with Gasteiger partial charge in [0.05, 0.1) is 23.7 Å². The van der Waals surface area contributed by atoms with Crippen LogP contribution in [-0.4, -0.2) is 77.8 Å². The van der Waals surface area contributed by atoms with Crippen LogP contribution in [0, 0.1) is 5.92 Å². The summed E-state index contributed by atoms with van der Waals surface area (Å²) in [6, 6.07) is 5.40. The smallest absolute Gasteiger partial charge is 0.329 e. The minimum atomic E-state index is -0.655. The van der Waals surface area contributed by atoms with Gasteiger partial charge < -0.3 is 20.3 Å². The summed E-state index contributed by atoms with van der Waals surface area (Å²) in [6.07, 6.45) is 5.44. The van der Waals surface area contributed by atoms with Crippen LogP contribution in [0.4, 0.5) is 5.69 Å². The predicted octanol–water partition coefficient (Wildman–Crippen LogP) is 0.974. The van der Waals surface area contributed by atoms with Crippen molar-refractivity contribution in [2.45, 2.75) is 50.7 Å². The standard InChI is InChI=1S/C26H38N6O4/c1-29-23-16-19(2-3-21(23)32(26(29)35)22-4-5-24(33)28-25(22)34)31-13-6-18(7-14-31)17-30-11-8-20(9-12-30)36-15-10-27/h2-3,16,18,20,22H,4-15,17,27H2,1H3,(H,28,33,34). The van der Waals surface area contributed by atoms with Crippen molar-refractivity contribution in [3.8, 4) is 0 Å². The van der Waals surface area contributed by atoms with E-state index in [1.807, 2.05) is 6.07 Å². The zero-order valence-electron chi connectivity index (χ0n) is 21.2. The van der Waals surface area contributed by atoms with Gasteiger partial charge in [-0.1, -0.05) is 0 Å². The summed E-state index contributed by atoms with van der Waals surface area (Å²) in [4.78, 5) is 42.0. The van der Waals surface area contributed by atoms with Gasteiger partial charge in [0.2, 0.25) is 11.8 Å². The number of hydrogen-bond acceptors (Lipinski definition) is 7. The molecule has 2 aromatic rings. The number of hydrogen-bond donors (Lipinski definition) is 2. The van der Waals surface area contributed by atoms with Gasteiger partial charge in [0, 0.05) is 58.4 Å². The van der Waals surface area contributed by atoms with Gasteiger partial charge in [-0.3, -0.25) is 24.0 Å². The number of imide groups is 1. The molecule has 0 saturated carbocycles. The lowest BCUT2D eigenvalue weighted by molar-refractivity contribution is -0.135. The second-order valence-electron chi connectivity index (χ2n) is 10.4. The Hall–Kier alpha value is -2.69. The number of carbonyl (C=O) groups excluding carboxylic acids is 2. The maximum Gasteiger partial charge on any atom is 0.329 e. The summed E-state index contributed by atoms with van der Waals surface area (Å²) >= 11 is 0. The zero-order valence-corrected chi connectivity index (χ0v) is 21.2. The first-order valence-corrected chi connectivity index (χ1v) is 13.3. The minimum absolute atomic E-state index is 0.229. The molecule has 0 bridgehead atoms. The van der Waals surface area contributed by atoms with E-state index in [-0.39, 0.29) is 18.0 Å². The summed E-state index contributed by atoms with van der Waals surface area (Å²) in [5.74, 6) is 0.0139. The molecule has 3 saturated heterocycles. The van der Waals surface area contributed by atoms with Crippen molar-refractivity contribution in [1.29, 1.82) is 0 Å². The fourth-order valence-electron chi connectivity index (χ4n) is 6.01. The van der Waals surface area contributed by atoms with E-state index >= 15 is 0 Å². The van der Waals surface area contributed by atoms with Gasteiger partial charge in [-0.15, -0.1) is 0 Å². The highest BCUT2D eigenvalue weighted by molar-refractivity contribution is 6.00. The molecule has 2 amide bonds. The first kappa shape index (κ1) is 25.0. The fraction of sp³-hybridized carbons (Fsp3) is 0.654. The molecule has 0 radical (unpaired) electrons. The van der Waals surface area contributed by atoms with Crippen molar-refractivity contribution in [2.75, 3.05) is 50.8 Å². The van der Waals surface area contributed by atoms with E-state index in [9.17, 15) is 14.4 Å². The largest absolute Gasteiger partial charge is 0.377 e. The zero-order chi connectivity index (χ0) is 25.2. The van der Waals surface area contributed by atoms with Crippen LogP contribution >= 0.6 is 0 Å². The Morgan fingerprint density at radius 1 is 1.00 bits per heavy atom. The van der Waals surface area contributed by atoms with E-state index in [4.69, 9.17) is 10.5 Å². The number of ether oxygens (including phenoxy) is 1. The maximum atomic E-state index is 13.0. The topological polar surface area (TPSA) is 115 Å². The lowest BCUT2D eigenvalue weighted by Crippen LogP contribution is -2.44. The number of imidazole rings is 1. The number of rotatable bonds is 7. The Morgan fingerprint density at radius 2 is 1.75 bits per heavy atom. The van der Waals surface area contributed by atoms with Gasteiger partial charge in [-0.2, -0.15) is 0 Å². The molecule has 196 valence electrons. The first-order chi connectivity index (χ1) is 17.4. The van der Waals surface area contributed by atoms with Crippen LogP contribution in [-0.2, 0) is 21.4 Å². The first-order valence-electron chi connectivity index (χ1n) is 13.3. The predicted molar refractivity (Wildman–Crippen MR) is 138 cm³/mol. The molecule has 0 aliphatic carbocycles. The number of benzene rings is 1. The van der Waals surface area contributed by atoms with Gasteiger partial charge in [0.25, 0.3) is 0 Å². The molecule has 10 heteroatoms. The summed E-state index contributed by atoms with van der Waals surface area (Å²) < 4.78 is 8.96. The quantitative estimate of drug-likeness (QED) is 0.547. The number of nitrogens with one attached hydrogen (secondary N) is 1. The molecule has 5 rings (SSSR count). The molecular formula is C26H38N6O4. The Bertz CT molecular complexity index is 1160. The highest BCUT2D eigenvalue weighted by atomic mass is 16.5. The van der Waals surface area contributed by atoms with E-state index in [0.717, 1.165) is 75.1 Å². The van der Waals surface area contributed by atoms with Crippen LogP contribution < -0.4 is 21.6 Å². The van der Waals surface area contributed by atoms with Crippen LogP contribution in [0.1, 0.15) is 44.6 Å². The number of likely N-dealkylation sites (tertiary alicyclic amines) is 1. The normalized spacial score (nSPS) is 22.9. The summed E-state index contributed by atoms with van der Waals surface area (Å²) in [5.41, 5.74) is 7.97. The molecular weight excluding hydrogens is 460 g/mol. The third-order valence-corrected chi connectivity index (χ3v) is 8.10. The summed E-state index contributed by atoms with van der Waals surface area (Å²) in [6.45, 7) is 6.59. The lowest BCUT2D eigenvalue weighted by atomic mass is 9.94. The van der Waals surface area contributed by atoms with Crippen LogP contribution in [0.5, 0.6) is 0 Å². The monoisotopic (exact) mass is 498 g/mol. The van der Waals surface area contributed by atoms with Gasteiger partial charge in [-0.25, -0.2) is 4.79 Å². The second-order valence-corrected chi connectivity index (χ2v) is 10.4. The van der Waals surface area contributed by atoms with E-state index in [1.54, 1.807) is 11.6 Å². The molecule has 3 aliphatic heterocycles. The number of nitrogens with zero attached hydrogens (tertiary/aromatic N) is 4. The number of anilines is 1. The lowest BCUT2D eigenvalue weighted by Gasteiger charge is -2.38. The Labute approximate surface area is 211 Å². The van der Waals surface area contributed by atoms with Crippen LogP contribution in [0.2, 0.25) is 0 Å². The van der Waals surface area contributed by atoms with Crippen molar-refractivity contribution >= 4 is 28.5 Å². The summed E-state index contributed by atoms with van der Waals surface area (Å²) in [7, 11) is 1.74. The van der Waals surface area contributed by atoms with Crippen LogP contribution in [0.3, 0.4) is 0 Å². The Balaban J connectivity index is 1.21. The highest BCUT2D eigenvalue weighted by Gasteiger charge is 2.31. The molecule has 1 aromatic heterocycles. The van der Waals surface area contributed by atoms with Crippen LogP contribution in [0.25, 0.3) is 11.0 Å². The molecule has 36 heavy (non-hydrogen) atoms. The molecule has 3 N–H and O–H groups in total. The molecule has 1 atom stereocenters. The number of fused-ring (bicyclic) bond motifs is 1. The third-order valence-electron chi connectivity index (χ3n) is 8.10. The average Bonchev–Trinajstić information content (AvgIpc) is 3.13. The SMILES string of the molecule is Cn1c(=O)n(C2CCC(=O)NC2=O)c2ccc(N3CCC(CN4CCC(OCCN)CC4)CC3)cc21. The van der Waals surface area contributed by atoms with E-state index < -0.39 is 11.9 Å². The van der Waals surface area contributed by atoms with E-state index in [1.165, 1.54) is 4.57 Å². The van der Waals surface area contributed by atoms with Crippen molar-refractivity contribution in [3.63, 3.8) is 0 Å².